The first-order valence-electron chi connectivity index (χ1n) is 21.0. The fraction of sp³-hybridized carbons (Fsp3) is 0.391. The molecule has 6 aromatic rings. The van der Waals surface area contributed by atoms with Crippen molar-refractivity contribution in [2.75, 3.05) is 84.6 Å². The number of carboxylic acids is 1. The van der Waals surface area contributed by atoms with Gasteiger partial charge in [0, 0.05) is 101 Å². The Morgan fingerprint density at radius 2 is 1.55 bits per heavy atom. The summed E-state index contributed by atoms with van der Waals surface area (Å²) >= 11 is 0. The van der Waals surface area contributed by atoms with Gasteiger partial charge in [-0.3, -0.25) is 9.58 Å². The Balaban J connectivity index is 0.00000578. The number of piperazine rings is 1. The minimum absolute atomic E-state index is 0. The van der Waals surface area contributed by atoms with Crippen LogP contribution in [0.25, 0.3) is 32.8 Å². The topological polar surface area (TPSA) is 135 Å². The molecule has 0 radical (unpaired) electrons. The first-order chi connectivity index (χ1) is 29.5. The lowest BCUT2D eigenvalue weighted by molar-refractivity contribution is 0.0362. The van der Waals surface area contributed by atoms with Crippen LogP contribution in [0.5, 0.6) is 11.5 Å². The number of anilines is 1. The summed E-state index contributed by atoms with van der Waals surface area (Å²) in [5, 5.41) is 18.9. The van der Waals surface area contributed by atoms with Crippen LogP contribution in [-0.4, -0.2) is 127 Å². The molecule has 2 aliphatic rings. The van der Waals surface area contributed by atoms with Crippen molar-refractivity contribution in [3.05, 3.63) is 108 Å². The highest BCUT2D eigenvalue weighted by atomic mass is 35.5. The second-order valence-electron chi connectivity index (χ2n) is 15.9. The average molecular weight is 887 g/mol. The van der Waals surface area contributed by atoms with Crippen molar-refractivity contribution in [1.82, 2.24) is 27.9 Å². The average Bonchev–Trinajstić information content (AvgIpc) is 3.75. The number of halogens is 1. The molecule has 0 atom stereocenters. The van der Waals surface area contributed by atoms with E-state index in [2.05, 4.69) is 34.1 Å². The van der Waals surface area contributed by atoms with E-state index in [0.29, 0.717) is 83.4 Å². The van der Waals surface area contributed by atoms with Gasteiger partial charge in [-0.1, -0.05) is 54.6 Å². The van der Waals surface area contributed by atoms with E-state index in [9.17, 15) is 18.3 Å². The van der Waals surface area contributed by atoms with Gasteiger partial charge >= 0.3 is 5.97 Å². The summed E-state index contributed by atoms with van der Waals surface area (Å²) in [5.74, 6) is 0.554. The highest BCUT2D eigenvalue weighted by molar-refractivity contribution is 7.86. The van der Waals surface area contributed by atoms with E-state index in [-0.39, 0.29) is 19.0 Å². The molecule has 0 aliphatic carbocycles. The van der Waals surface area contributed by atoms with Gasteiger partial charge in [0.15, 0.2) is 0 Å². The van der Waals surface area contributed by atoms with Crippen LogP contribution < -0.4 is 14.4 Å². The minimum Gasteiger partial charge on any atom is -0.493 e. The van der Waals surface area contributed by atoms with E-state index >= 15 is 0 Å². The van der Waals surface area contributed by atoms with Gasteiger partial charge in [-0.05, 0) is 61.0 Å². The summed E-state index contributed by atoms with van der Waals surface area (Å²) in [6, 6.07) is 28.2. The Kier molecular flexibility index (Phi) is 14.1. The first-order valence-corrected chi connectivity index (χ1v) is 22.4. The van der Waals surface area contributed by atoms with Crippen molar-refractivity contribution in [2.45, 2.75) is 32.9 Å². The Morgan fingerprint density at radius 3 is 2.27 bits per heavy atom. The third-order valence-electron chi connectivity index (χ3n) is 11.9. The van der Waals surface area contributed by atoms with E-state index in [0.717, 1.165) is 74.3 Å². The first kappa shape index (κ1) is 44.9. The van der Waals surface area contributed by atoms with E-state index in [1.165, 1.54) is 8.61 Å². The third-order valence-corrected chi connectivity index (χ3v) is 13.9. The van der Waals surface area contributed by atoms with Crippen LogP contribution in [0.2, 0.25) is 0 Å². The van der Waals surface area contributed by atoms with Crippen molar-refractivity contribution in [2.24, 2.45) is 7.05 Å². The molecule has 1 N–H and O–H groups in total. The smallest absolute Gasteiger partial charge is 0.352 e. The lowest BCUT2D eigenvalue weighted by Crippen LogP contribution is -2.51. The Labute approximate surface area is 369 Å². The zero-order valence-corrected chi connectivity index (χ0v) is 37.5. The van der Waals surface area contributed by atoms with Crippen LogP contribution >= 0.6 is 12.4 Å². The minimum atomic E-state index is -3.44. The molecule has 4 aromatic carbocycles. The lowest BCUT2D eigenvalue weighted by Gasteiger charge is -2.36. The highest BCUT2D eigenvalue weighted by Gasteiger charge is 2.30. The standard InChI is InChI=1S/C46H55N7O7S.ClH/c1-33-43(41(49(4)47-33)32-60-36-19-17-35(18-20-36)51-22-24-52(25-23-51)61(56,57)48(2)3)40-14-8-13-38-39(15-9-29-59-42-16-7-11-34-10-5-6-12-37(34)42)45(46(54)55)53(44(38)40)26-21-50-27-30-58-31-28-50;/h5-8,10-14,16-20H,9,15,21-32H2,1-4H3,(H,54,55);1H. The molecule has 4 heterocycles. The number of morpholine rings is 1. The largest absolute Gasteiger partial charge is 0.493 e. The van der Waals surface area contributed by atoms with Crippen molar-refractivity contribution in [3.8, 4) is 22.6 Å². The Morgan fingerprint density at radius 1 is 0.855 bits per heavy atom. The number of para-hydroxylation sites is 1. The number of carbonyl (C=O) groups is 1. The van der Waals surface area contributed by atoms with Crippen molar-refractivity contribution >= 4 is 55.9 Å². The number of ether oxygens (including phenoxy) is 3. The fourth-order valence-corrected chi connectivity index (χ4v) is 9.84. The normalized spacial score (nSPS) is 15.3. The molecule has 0 saturated carbocycles. The fourth-order valence-electron chi connectivity index (χ4n) is 8.76. The molecule has 0 unspecified atom stereocenters. The number of hydrogen-bond acceptors (Lipinski definition) is 9. The quantitative estimate of drug-likeness (QED) is 0.108. The van der Waals surface area contributed by atoms with Crippen LogP contribution in [0.3, 0.4) is 0 Å². The van der Waals surface area contributed by atoms with E-state index in [1.807, 2.05) is 83.9 Å². The molecule has 0 spiro atoms. The van der Waals surface area contributed by atoms with E-state index in [1.54, 1.807) is 14.1 Å². The molecule has 0 bridgehead atoms. The summed E-state index contributed by atoms with van der Waals surface area (Å²) in [6.07, 6.45) is 1.16. The molecule has 8 rings (SSSR count). The van der Waals surface area contributed by atoms with Crippen LogP contribution in [0.15, 0.2) is 84.9 Å². The highest BCUT2D eigenvalue weighted by Crippen LogP contribution is 2.39. The van der Waals surface area contributed by atoms with Crippen LogP contribution in [-0.2, 0) is 41.6 Å². The van der Waals surface area contributed by atoms with E-state index in [4.69, 9.17) is 19.3 Å². The van der Waals surface area contributed by atoms with Gasteiger partial charge < -0.3 is 28.8 Å². The monoisotopic (exact) mass is 885 g/mol. The van der Waals surface area contributed by atoms with Crippen LogP contribution in [0, 0.1) is 6.92 Å². The maximum atomic E-state index is 13.4. The molecule has 330 valence electrons. The third kappa shape index (κ3) is 9.29. The second-order valence-corrected chi connectivity index (χ2v) is 18.0. The summed E-state index contributed by atoms with van der Waals surface area (Å²) < 4.78 is 50.2. The summed E-state index contributed by atoms with van der Waals surface area (Å²) in [5.41, 5.74) is 6.50. The zero-order chi connectivity index (χ0) is 42.7. The van der Waals surface area contributed by atoms with Crippen molar-refractivity contribution in [1.29, 1.82) is 0 Å². The number of rotatable bonds is 16. The molecule has 0 amide bonds. The number of aryl methyl sites for hydroxylation is 3. The number of fused-ring (bicyclic) bond motifs is 2. The van der Waals surface area contributed by atoms with Crippen molar-refractivity contribution in [3.63, 3.8) is 0 Å². The molecule has 2 fully saturated rings. The van der Waals surface area contributed by atoms with Gasteiger partial charge in [-0.2, -0.15) is 22.1 Å². The van der Waals surface area contributed by atoms with Crippen LogP contribution in [0.1, 0.15) is 33.9 Å². The van der Waals surface area contributed by atoms with Gasteiger partial charge in [0.1, 0.15) is 23.8 Å². The summed E-state index contributed by atoms with van der Waals surface area (Å²) in [7, 11) is 1.58. The predicted octanol–water partition coefficient (Wildman–Crippen LogP) is 6.47. The van der Waals surface area contributed by atoms with Gasteiger partial charge in [-0.25, -0.2) is 4.79 Å². The van der Waals surface area contributed by atoms with Gasteiger partial charge in [0.2, 0.25) is 0 Å². The maximum absolute atomic E-state index is 13.4. The van der Waals surface area contributed by atoms with Gasteiger partial charge in [0.25, 0.3) is 10.2 Å². The number of nitrogens with zero attached hydrogens (tertiary/aromatic N) is 7. The Hall–Kier alpha value is -5.16. The SMILES string of the molecule is Cc1nn(C)c(COc2ccc(N3CCN(S(=O)(=O)N(C)C)CC3)cc2)c1-c1cccc2c(CCCOc3cccc4ccccc34)c(C(=O)O)n(CCN3CCOCC3)c12.Cl. The molecule has 2 saturated heterocycles. The molecule has 16 heteroatoms. The van der Waals surface area contributed by atoms with Gasteiger partial charge in [-0.15, -0.1) is 12.4 Å². The number of carboxylic acid groups (broad SMARTS) is 1. The van der Waals surface area contributed by atoms with E-state index < -0.39 is 16.2 Å². The second kappa shape index (κ2) is 19.5. The predicted molar refractivity (Wildman–Crippen MR) is 245 cm³/mol. The number of benzene rings is 4. The van der Waals surface area contributed by atoms with Crippen LogP contribution in [0.4, 0.5) is 5.69 Å². The summed E-state index contributed by atoms with van der Waals surface area (Å²) in [4.78, 5) is 17.9. The molecule has 2 aromatic heterocycles. The summed E-state index contributed by atoms with van der Waals surface area (Å²) in [6.45, 7) is 8.79. The number of aromatic nitrogens is 3. The van der Waals surface area contributed by atoms with Crippen molar-refractivity contribution < 1.29 is 32.5 Å². The molecule has 14 nitrogen and oxygen atoms in total. The molecule has 2 aliphatic heterocycles. The molecular formula is C46H56ClN7O7S. The maximum Gasteiger partial charge on any atom is 0.352 e. The Bertz CT molecular complexity index is 2610. The van der Waals surface area contributed by atoms with Gasteiger partial charge in [0.05, 0.1) is 36.7 Å². The number of aromatic carboxylic acids is 1. The molecular weight excluding hydrogens is 830 g/mol. The number of hydrogen-bond donors (Lipinski definition) is 1. The lowest BCUT2D eigenvalue weighted by atomic mass is 9.98. The molecule has 62 heavy (non-hydrogen) atoms. The zero-order valence-electron chi connectivity index (χ0n) is 35.8.